The van der Waals surface area contributed by atoms with Gasteiger partial charge in [-0.05, 0) is 24.3 Å². The molecule has 0 amide bonds. The summed E-state index contributed by atoms with van der Waals surface area (Å²) < 4.78 is 7.39. The molecule has 3 aromatic rings. The molecule has 2 aromatic carbocycles. The minimum atomic E-state index is -0.494. The fourth-order valence-corrected chi connectivity index (χ4v) is 2.43. The largest absolute Gasteiger partial charge is 0.421 e. The molecule has 0 fully saturated rings. The number of hydrogen-bond acceptors (Lipinski definition) is 5. The van der Waals surface area contributed by atoms with Gasteiger partial charge in [-0.2, -0.15) is 0 Å². The Bertz CT molecular complexity index is 916. The Morgan fingerprint density at radius 2 is 2.09 bits per heavy atom. The molecule has 1 heterocycles. The summed E-state index contributed by atoms with van der Waals surface area (Å²) in [5.74, 6) is -0.494. The van der Waals surface area contributed by atoms with Crippen molar-refractivity contribution in [2.45, 2.75) is 6.67 Å². The van der Waals surface area contributed by atoms with Crippen LogP contribution in [0.25, 0.3) is 11.1 Å². The van der Waals surface area contributed by atoms with E-state index in [9.17, 15) is 14.9 Å². The molecule has 0 saturated heterocycles. The van der Waals surface area contributed by atoms with Crippen LogP contribution >= 0.6 is 15.9 Å². The smallest absolute Gasteiger partial charge is 0.408 e. The lowest BCUT2D eigenvalue weighted by Crippen LogP contribution is -2.19. The number of benzene rings is 2. The Labute approximate surface area is 132 Å². The third kappa shape index (κ3) is 2.73. The van der Waals surface area contributed by atoms with Crippen molar-refractivity contribution in [3.05, 3.63) is 67.6 Å². The highest BCUT2D eigenvalue weighted by Crippen LogP contribution is 2.20. The van der Waals surface area contributed by atoms with Gasteiger partial charge >= 0.3 is 5.76 Å². The Morgan fingerprint density at radius 1 is 1.27 bits per heavy atom. The second-order valence-electron chi connectivity index (χ2n) is 4.55. The van der Waals surface area contributed by atoms with Crippen LogP contribution in [-0.4, -0.2) is 9.49 Å². The monoisotopic (exact) mass is 363 g/mol. The molecule has 0 spiro atoms. The molecule has 7 nitrogen and oxygen atoms in total. The minimum absolute atomic E-state index is 0.0154. The molecule has 0 atom stereocenters. The number of aromatic nitrogens is 1. The van der Waals surface area contributed by atoms with E-state index in [0.717, 1.165) is 4.47 Å². The lowest BCUT2D eigenvalue weighted by molar-refractivity contribution is -0.384. The van der Waals surface area contributed by atoms with E-state index in [-0.39, 0.29) is 12.4 Å². The van der Waals surface area contributed by atoms with Crippen molar-refractivity contribution in [3.8, 4) is 0 Å². The molecule has 0 saturated carbocycles. The first-order valence-corrected chi connectivity index (χ1v) is 7.11. The SMILES string of the molecule is O=c1oc2cc(Br)ccc2n1CNc1cccc([N+](=O)[O-])c1. The highest BCUT2D eigenvalue weighted by Gasteiger charge is 2.10. The van der Waals surface area contributed by atoms with Gasteiger partial charge in [-0.15, -0.1) is 0 Å². The van der Waals surface area contributed by atoms with Crippen LogP contribution in [0.1, 0.15) is 0 Å². The van der Waals surface area contributed by atoms with Crippen LogP contribution < -0.4 is 11.1 Å². The number of halogens is 1. The summed E-state index contributed by atoms with van der Waals surface area (Å²) >= 11 is 3.31. The van der Waals surface area contributed by atoms with E-state index in [1.165, 1.54) is 16.7 Å². The third-order valence-electron chi connectivity index (χ3n) is 3.13. The van der Waals surface area contributed by atoms with E-state index in [0.29, 0.717) is 16.8 Å². The molecule has 0 aliphatic rings. The number of fused-ring (bicyclic) bond motifs is 1. The topological polar surface area (TPSA) is 90.3 Å². The van der Waals surface area contributed by atoms with E-state index in [4.69, 9.17) is 4.42 Å². The molecular formula is C14H10BrN3O4. The molecule has 1 aromatic heterocycles. The van der Waals surface area contributed by atoms with Crippen molar-refractivity contribution in [2.24, 2.45) is 0 Å². The van der Waals surface area contributed by atoms with E-state index in [1.54, 1.807) is 30.3 Å². The van der Waals surface area contributed by atoms with Gasteiger partial charge in [-0.1, -0.05) is 22.0 Å². The van der Waals surface area contributed by atoms with Crippen LogP contribution in [0.15, 0.2) is 56.1 Å². The number of hydrogen-bond donors (Lipinski definition) is 1. The zero-order chi connectivity index (χ0) is 15.7. The number of nitro benzene ring substituents is 1. The number of oxazole rings is 1. The van der Waals surface area contributed by atoms with Crippen molar-refractivity contribution < 1.29 is 9.34 Å². The van der Waals surface area contributed by atoms with Crippen molar-refractivity contribution in [1.29, 1.82) is 0 Å². The lowest BCUT2D eigenvalue weighted by Gasteiger charge is -2.06. The zero-order valence-corrected chi connectivity index (χ0v) is 12.7. The van der Waals surface area contributed by atoms with Gasteiger partial charge in [0.05, 0.1) is 17.1 Å². The normalized spacial score (nSPS) is 10.8. The molecule has 1 N–H and O–H groups in total. The maximum Gasteiger partial charge on any atom is 0.421 e. The van der Waals surface area contributed by atoms with E-state index < -0.39 is 10.7 Å². The Morgan fingerprint density at radius 3 is 2.86 bits per heavy atom. The fraction of sp³-hybridized carbons (Fsp3) is 0.0714. The summed E-state index contributed by atoms with van der Waals surface area (Å²) in [5, 5.41) is 13.7. The average Bonchev–Trinajstić information content (AvgIpc) is 2.80. The van der Waals surface area contributed by atoms with Crippen LogP contribution in [0.4, 0.5) is 11.4 Å². The van der Waals surface area contributed by atoms with Crippen molar-refractivity contribution in [2.75, 3.05) is 5.32 Å². The second kappa shape index (κ2) is 5.64. The number of nitro groups is 1. The molecule has 0 aliphatic carbocycles. The number of non-ortho nitro benzene ring substituents is 1. The van der Waals surface area contributed by atoms with Crippen molar-refractivity contribution in [3.63, 3.8) is 0 Å². The molecular weight excluding hydrogens is 354 g/mol. The van der Waals surface area contributed by atoms with Crippen LogP contribution in [-0.2, 0) is 6.67 Å². The third-order valence-corrected chi connectivity index (χ3v) is 3.62. The molecule has 8 heteroatoms. The van der Waals surface area contributed by atoms with Crippen LogP contribution in [0.3, 0.4) is 0 Å². The maximum atomic E-state index is 11.9. The maximum absolute atomic E-state index is 11.9. The van der Waals surface area contributed by atoms with E-state index >= 15 is 0 Å². The predicted molar refractivity (Wildman–Crippen MR) is 84.9 cm³/mol. The first-order chi connectivity index (χ1) is 10.5. The fourth-order valence-electron chi connectivity index (χ4n) is 2.09. The van der Waals surface area contributed by atoms with Gasteiger partial charge in [-0.3, -0.25) is 14.7 Å². The number of anilines is 1. The standard InChI is InChI=1S/C14H10BrN3O4/c15-9-4-5-12-13(6-9)22-14(19)17(12)8-16-10-2-1-3-11(7-10)18(20)21/h1-7,16H,8H2. The van der Waals surface area contributed by atoms with Gasteiger partial charge < -0.3 is 9.73 Å². The van der Waals surface area contributed by atoms with Gasteiger partial charge in [-0.25, -0.2) is 4.79 Å². The van der Waals surface area contributed by atoms with Gasteiger partial charge in [0, 0.05) is 22.3 Å². The molecule has 22 heavy (non-hydrogen) atoms. The first kappa shape index (κ1) is 14.3. The Hall–Kier alpha value is -2.61. The molecule has 0 bridgehead atoms. The van der Waals surface area contributed by atoms with Crippen LogP contribution in [0.2, 0.25) is 0 Å². The molecule has 3 rings (SSSR count). The lowest BCUT2D eigenvalue weighted by atomic mass is 10.3. The summed E-state index contributed by atoms with van der Waals surface area (Å²) in [5.41, 5.74) is 1.65. The first-order valence-electron chi connectivity index (χ1n) is 6.32. The summed E-state index contributed by atoms with van der Waals surface area (Å²) in [6.07, 6.45) is 0. The van der Waals surface area contributed by atoms with Crippen molar-refractivity contribution >= 4 is 38.4 Å². The minimum Gasteiger partial charge on any atom is -0.408 e. The highest BCUT2D eigenvalue weighted by molar-refractivity contribution is 9.10. The van der Waals surface area contributed by atoms with Gasteiger partial charge in [0.25, 0.3) is 5.69 Å². The number of nitrogens with one attached hydrogen (secondary N) is 1. The van der Waals surface area contributed by atoms with E-state index in [1.807, 2.05) is 0 Å². The van der Waals surface area contributed by atoms with Gasteiger partial charge in [0.2, 0.25) is 0 Å². The quantitative estimate of drug-likeness (QED) is 0.567. The Balaban J connectivity index is 1.88. The van der Waals surface area contributed by atoms with Gasteiger partial charge in [0.1, 0.15) is 0 Å². The number of nitrogens with zero attached hydrogens (tertiary/aromatic N) is 2. The average molecular weight is 364 g/mol. The zero-order valence-electron chi connectivity index (χ0n) is 11.2. The predicted octanol–water partition coefficient (Wildman–Crippen LogP) is 3.33. The second-order valence-corrected chi connectivity index (χ2v) is 5.47. The molecule has 0 aliphatic heterocycles. The van der Waals surface area contributed by atoms with Crippen molar-refractivity contribution in [1.82, 2.24) is 4.57 Å². The van der Waals surface area contributed by atoms with E-state index in [2.05, 4.69) is 21.2 Å². The Kier molecular flexibility index (Phi) is 3.68. The number of rotatable bonds is 4. The molecule has 112 valence electrons. The summed E-state index contributed by atoms with van der Waals surface area (Å²) in [6, 6.07) is 11.4. The molecule has 0 unspecified atom stereocenters. The molecule has 0 radical (unpaired) electrons. The van der Waals surface area contributed by atoms with Gasteiger partial charge in [0.15, 0.2) is 5.58 Å². The highest BCUT2D eigenvalue weighted by atomic mass is 79.9. The summed E-state index contributed by atoms with van der Waals surface area (Å²) in [6.45, 7) is 0.147. The van der Waals surface area contributed by atoms with Crippen LogP contribution in [0.5, 0.6) is 0 Å². The summed E-state index contributed by atoms with van der Waals surface area (Å²) in [7, 11) is 0. The van der Waals surface area contributed by atoms with Crippen LogP contribution in [0, 0.1) is 10.1 Å². The summed E-state index contributed by atoms with van der Waals surface area (Å²) in [4.78, 5) is 22.2.